The van der Waals surface area contributed by atoms with Crippen LogP contribution in [-0.4, -0.2) is 29.8 Å². The molecule has 8 nitrogen and oxygen atoms in total. The maximum atomic E-state index is 11.2. The lowest BCUT2D eigenvalue weighted by Gasteiger charge is -2.27. The Bertz CT molecular complexity index is 527. The van der Waals surface area contributed by atoms with Crippen molar-refractivity contribution in [2.24, 2.45) is 0 Å². The van der Waals surface area contributed by atoms with Crippen molar-refractivity contribution < 1.29 is 14.5 Å². The molecule has 8 heteroatoms. The Morgan fingerprint density at radius 2 is 1.89 bits per heavy atom. The van der Waals surface area contributed by atoms with Crippen LogP contribution in [0.4, 0.5) is 17.1 Å². The van der Waals surface area contributed by atoms with Gasteiger partial charge in [-0.25, -0.2) is 0 Å². The smallest absolute Gasteiger partial charge is 0.292 e. The van der Waals surface area contributed by atoms with Crippen LogP contribution in [0.2, 0.25) is 0 Å². The first kappa shape index (κ1) is 11.8. The van der Waals surface area contributed by atoms with Gasteiger partial charge < -0.3 is 10.6 Å². The van der Waals surface area contributed by atoms with Gasteiger partial charge in [0.05, 0.1) is 18.0 Å². The molecule has 1 aromatic rings. The summed E-state index contributed by atoms with van der Waals surface area (Å²) in [6.07, 6.45) is 0. The highest BCUT2D eigenvalue weighted by atomic mass is 16.6. The Morgan fingerprint density at radius 1 is 1.28 bits per heavy atom. The number of carbonyl (C=O) groups is 2. The number of imide groups is 1. The maximum Gasteiger partial charge on any atom is 0.292 e. The third kappa shape index (κ3) is 2.21. The van der Waals surface area contributed by atoms with Gasteiger partial charge in [-0.05, 0) is 12.1 Å². The Morgan fingerprint density at radius 3 is 2.39 bits per heavy atom. The fraction of sp³-hybridized carbons (Fsp3) is 0.200. The molecule has 0 atom stereocenters. The average Bonchev–Trinajstić information content (AvgIpc) is 2.26. The number of carbonyl (C=O) groups excluding carboxylic acids is 2. The fourth-order valence-corrected chi connectivity index (χ4v) is 1.72. The van der Waals surface area contributed by atoms with Gasteiger partial charge in [0, 0.05) is 11.8 Å². The van der Waals surface area contributed by atoms with E-state index < -0.39 is 16.7 Å². The Balaban J connectivity index is 2.29. The second-order valence-electron chi connectivity index (χ2n) is 3.83. The summed E-state index contributed by atoms with van der Waals surface area (Å²) in [5.74, 6) is -0.827. The molecular weight excluding hydrogens is 240 g/mol. The molecule has 0 spiro atoms. The van der Waals surface area contributed by atoms with E-state index in [0.717, 1.165) is 0 Å². The van der Waals surface area contributed by atoms with Crippen LogP contribution in [0.15, 0.2) is 18.2 Å². The molecule has 1 saturated heterocycles. The molecule has 3 N–H and O–H groups in total. The highest BCUT2D eigenvalue weighted by Crippen LogP contribution is 2.27. The predicted molar refractivity (Wildman–Crippen MR) is 62.9 cm³/mol. The number of nitrogens with zero attached hydrogens (tertiary/aromatic N) is 2. The molecule has 2 rings (SSSR count). The van der Waals surface area contributed by atoms with Crippen molar-refractivity contribution in [3.05, 3.63) is 28.3 Å². The molecule has 0 radical (unpaired) electrons. The minimum atomic E-state index is -0.590. The summed E-state index contributed by atoms with van der Waals surface area (Å²) >= 11 is 0. The van der Waals surface area contributed by atoms with E-state index in [4.69, 9.17) is 5.73 Å². The van der Waals surface area contributed by atoms with E-state index in [9.17, 15) is 19.7 Å². The van der Waals surface area contributed by atoms with Gasteiger partial charge in [0.15, 0.2) is 0 Å². The molecule has 0 aromatic heterocycles. The Kier molecular flexibility index (Phi) is 2.84. The van der Waals surface area contributed by atoms with Gasteiger partial charge in [0.25, 0.3) is 5.69 Å². The molecule has 1 heterocycles. The molecule has 1 aromatic carbocycles. The third-order valence-corrected chi connectivity index (χ3v) is 2.52. The summed E-state index contributed by atoms with van der Waals surface area (Å²) in [6, 6.07) is 4.09. The van der Waals surface area contributed by atoms with Crippen molar-refractivity contribution in [2.45, 2.75) is 0 Å². The molecule has 0 saturated carbocycles. The van der Waals surface area contributed by atoms with Crippen molar-refractivity contribution >= 4 is 28.9 Å². The van der Waals surface area contributed by atoms with Crippen molar-refractivity contribution in [3.63, 3.8) is 0 Å². The number of nitro groups is 1. The highest BCUT2D eigenvalue weighted by Gasteiger charge is 2.23. The molecule has 18 heavy (non-hydrogen) atoms. The minimum absolute atomic E-state index is 0.00377. The van der Waals surface area contributed by atoms with Crippen LogP contribution in [0.25, 0.3) is 0 Å². The third-order valence-electron chi connectivity index (χ3n) is 2.52. The van der Waals surface area contributed by atoms with Crippen molar-refractivity contribution in [2.75, 3.05) is 23.7 Å². The zero-order valence-corrected chi connectivity index (χ0v) is 9.25. The summed E-state index contributed by atoms with van der Waals surface area (Å²) in [6.45, 7) is 0.0337. The summed E-state index contributed by atoms with van der Waals surface area (Å²) < 4.78 is 0. The summed E-state index contributed by atoms with van der Waals surface area (Å²) in [5, 5.41) is 12.8. The normalized spacial score (nSPS) is 15.4. The van der Waals surface area contributed by atoms with Crippen LogP contribution in [0.5, 0.6) is 0 Å². The van der Waals surface area contributed by atoms with Crippen LogP contribution in [0.3, 0.4) is 0 Å². The number of benzene rings is 1. The van der Waals surface area contributed by atoms with Crippen LogP contribution in [0.1, 0.15) is 0 Å². The van der Waals surface area contributed by atoms with Crippen LogP contribution < -0.4 is 16.0 Å². The first-order valence-corrected chi connectivity index (χ1v) is 5.09. The molecule has 1 fully saturated rings. The maximum absolute atomic E-state index is 11.2. The molecule has 2 amide bonds. The van der Waals surface area contributed by atoms with E-state index in [0.29, 0.717) is 5.69 Å². The number of nitrogen functional groups attached to an aromatic ring is 1. The number of nitrogens with one attached hydrogen (secondary N) is 1. The zero-order chi connectivity index (χ0) is 13.3. The van der Waals surface area contributed by atoms with Crippen molar-refractivity contribution in [3.8, 4) is 0 Å². The number of nitro benzene ring substituents is 1. The van der Waals surface area contributed by atoms with Crippen LogP contribution in [0, 0.1) is 10.1 Å². The minimum Gasteiger partial charge on any atom is -0.393 e. The molecule has 0 bridgehead atoms. The largest absolute Gasteiger partial charge is 0.393 e. The lowest BCUT2D eigenvalue weighted by molar-refractivity contribution is -0.383. The molecule has 1 aliphatic heterocycles. The summed E-state index contributed by atoms with van der Waals surface area (Å²) in [7, 11) is 0. The van der Waals surface area contributed by atoms with Crippen LogP contribution in [-0.2, 0) is 9.59 Å². The fourth-order valence-electron chi connectivity index (χ4n) is 1.72. The second-order valence-corrected chi connectivity index (χ2v) is 3.83. The number of nitrogens with two attached hydrogens (primary N) is 1. The average molecular weight is 250 g/mol. The predicted octanol–water partition coefficient (Wildman–Crippen LogP) is -0.360. The topological polar surface area (TPSA) is 119 Å². The number of hydrogen-bond acceptors (Lipinski definition) is 6. The van der Waals surface area contributed by atoms with E-state index in [-0.39, 0.29) is 24.5 Å². The van der Waals surface area contributed by atoms with Crippen molar-refractivity contribution in [1.82, 2.24) is 5.32 Å². The van der Waals surface area contributed by atoms with Gasteiger partial charge in [0.2, 0.25) is 11.8 Å². The highest BCUT2D eigenvalue weighted by molar-refractivity contribution is 6.02. The first-order chi connectivity index (χ1) is 8.47. The lowest BCUT2D eigenvalue weighted by Crippen LogP contribution is -2.51. The molecule has 0 aliphatic carbocycles. The number of amides is 2. The second kappa shape index (κ2) is 4.32. The Labute approximate surface area is 102 Å². The summed E-state index contributed by atoms with van der Waals surface area (Å²) in [5.41, 5.74) is 5.84. The standard InChI is InChI=1S/C10H10N4O4/c11-7-3-6(1-2-8(7)14(17)18)13-4-9(15)12-10(16)5-13/h1-3H,4-5,11H2,(H,12,15,16). The van der Waals surface area contributed by atoms with Gasteiger partial charge in [-0.2, -0.15) is 0 Å². The summed E-state index contributed by atoms with van der Waals surface area (Å²) in [4.78, 5) is 33.9. The lowest BCUT2D eigenvalue weighted by atomic mass is 10.2. The van der Waals surface area contributed by atoms with E-state index >= 15 is 0 Å². The van der Waals surface area contributed by atoms with Gasteiger partial charge in [0.1, 0.15) is 5.69 Å². The van der Waals surface area contributed by atoms with Gasteiger partial charge in [-0.15, -0.1) is 0 Å². The quantitative estimate of drug-likeness (QED) is 0.320. The first-order valence-electron chi connectivity index (χ1n) is 5.09. The Hall–Kier alpha value is -2.64. The molecule has 94 valence electrons. The number of piperazine rings is 1. The number of rotatable bonds is 2. The molecule has 0 unspecified atom stereocenters. The monoisotopic (exact) mass is 250 g/mol. The van der Waals surface area contributed by atoms with E-state index in [1.807, 2.05) is 0 Å². The van der Waals surface area contributed by atoms with Gasteiger partial charge >= 0.3 is 0 Å². The van der Waals surface area contributed by atoms with Gasteiger partial charge in [-0.1, -0.05) is 0 Å². The SMILES string of the molecule is Nc1cc(N2CC(=O)NC(=O)C2)ccc1[N+](=O)[O-]. The van der Waals surface area contributed by atoms with E-state index in [1.54, 1.807) is 0 Å². The van der Waals surface area contributed by atoms with Gasteiger partial charge in [-0.3, -0.25) is 25.0 Å². The van der Waals surface area contributed by atoms with Crippen molar-refractivity contribution in [1.29, 1.82) is 0 Å². The van der Waals surface area contributed by atoms with E-state index in [2.05, 4.69) is 5.32 Å². The molecular formula is C10H10N4O4. The van der Waals surface area contributed by atoms with Crippen LogP contribution >= 0.6 is 0 Å². The number of anilines is 2. The molecule has 1 aliphatic rings. The zero-order valence-electron chi connectivity index (χ0n) is 9.25. The van der Waals surface area contributed by atoms with E-state index in [1.165, 1.54) is 23.1 Å². The number of hydrogen-bond donors (Lipinski definition) is 2.